The van der Waals surface area contributed by atoms with Crippen LogP contribution < -0.4 is 4.90 Å². The maximum absolute atomic E-state index is 10.9. The van der Waals surface area contributed by atoms with Gasteiger partial charge in [-0.1, -0.05) is 0 Å². The van der Waals surface area contributed by atoms with Gasteiger partial charge in [-0.05, 0) is 12.8 Å². The van der Waals surface area contributed by atoms with Crippen LogP contribution in [-0.2, 0) is 0 Å². The largest absolute Gasteiger partial charge is 0.478 e. The second-order valence-corrected chi connectivity index (χ2v) is 3.97. The Morgan fingerprint density at radius 2 is 2.29 bits per heavy atom. The molecule has 0 aliphatic heterocycles. The van der Waals surface area contributed by atoms with Crippen LogP contribution in [0.2, 0.25) is 0 Å². The second-order valence-electron chi connectivity index (χ2n) is 3.97. The van der Waals surface area contributed by atoms with Crippen molar-refractivity contribution >= 4 is 17.5 Å². The molecule has 7 heteroatoms. The molecule has 0 saturated heterocycles. The number of hydrogen-bond acceptors (Lipinski definition) is 5. The number of carboxylic acids is 1. The van der Waals surface area contributed by atoms with Crippen molar-refractivity contribution in [2.24, 2.45) is 0 Å². The van der Waals surface area contributed by atoms with Crippen LogP contribution in [0.5, 0.6) is 0 Å². The van der Waals surface area contributed by atoms with E-state index >= 15 is 0 Å². The Kier molecular flexibility index (Phi) is 2.66. The normalized spacial score (nSPS) is 14.4. The van der Waals surface area contributed by atoms with Crippen LogP contribution in [0.4, 0.5) is 11.5 Å². The fraction of sp³-hybridized carbons (Fsp3) is 0.400. The molecule has 0 spiro atoms. The number of aromatic nitrogens is 1. The first-order valence-electron chi connectivity index (χ1n) is 5.11. The highest BCUT2D eigenvalue weighted by molar-refractivity contribution is 5.88. The number of anilines is 1. The molecular weight excluding hydrogens is 226 g/mol. The zero-order chi connectivity index (χ0) is 12.6. The summed E-state index contributed by atoms with van der Waals surface area (Å²) in [6, 6.07) is 1.32. The first kappa shape index (κ1) is 11.3. The predicted octanol–water partition coefficient (Wildman–Crippen LogP) is 1.29. The molecule has 0 bridgehead atoms. The number of aromatic carboxylic acids is 1. The fourth-order valence-corrected chi connectivity index (χ4v) is 1.60. The van der Waals surface area contributed by atoms with Gasteiger partial charge in [0.05, 0.1) is 10.5 Å². The average molecular weight is 237 g/mol. The van der Waals surface area contributed by atoms with Crippen LogP contribution in [0.15, 0.2) is 12.3 Å². The molecule has 7 nitrogen and oxygen atoms in total. The minimum atomic E-state index is -1.22. The summed E-state index contributed by atoms with van der Waals surface area (Å²) in [5, 5.41) is 19.7. The number of nitro groups is 1. The van der Waals surface area contributed by atoms with Crippen LogP contribution >= 0.6 is 0 Å². The predicted molar refractivity (Wildman–Crippen MR) is 59.3 cm³/mol. The lowest BCUT2D eigenvalue weighted by Crippen LogP contribution is -2.22. The Morgan fingerprint density at radius 1 is 1.65 bits per heavy atom. The van der Waals surface area contributed by atoms with Gasteiger partial charge in [-0.15, -0.1) is 0 Å². The minimum Gasteiger partial charge on any atom is -0.478 e. The number of hydrogen-bond donors (Lipinski definition) is 1. The Bertz CT molecular complexity index is 484. The topological polar surface area (TPSA) is 96.6 Å². The molecule has 0 unspecified atom stereocenters. The molecule has 1 aromatic heterocycles. The molecular formula is C10H11N3O4. The van der Waals surface area contributed by atoms with Crippen LogP contribution in [0.1, 0.15) is 23.2 Å². The zero-order valence-electron chi connectivity index (χ0n) is 9.16. The van der Waals surface area contributed by atoms with E-state index in [9.17, 15) is 14.9 Å². The molecule has 1 fully saturated rings. The molecule has 1 aliphatic rings. The van der Waals surface area contributed by atoms with Gasteiger partial charge in [-0.25, -0.2) is 9.78 Å². The summed E-state index contributed by atoms with van der Waals surface area (Å²) in [5.41, 5.74) is -0.441. The maximum Gasteiger partial charge on any atom is 0.337 e. The highest BCUT2D eigenvalue weighted by atomic mass is 16.6. The molecule has 90 valence electrons. The van der Waals surface area contributed by atoms with E-state index in [2.05, 4.69) is 4.98 Å². The van der Waals surface area contributed by atoms with Gasteiger partial charge in [0.2, 0.25) is 5.82 Å². The van der Waals surface area contributed by atoms with Crippen LogP contribution in [0, 0.1) is 10.1 Å². The van der Waals surface area contributed by atoms with Gasteiger partial charge in [0.25, 0.3) is 0 Å². The molecule has 0 atom stereocenters. The molecule has 1 N–H and O–H groups in total. The molecule has 1 aromatic rings. The van der Waals surface area contributed by atoms with Crippen LogP contribution in [0.3, 0.4) is 0 Å². The van der Waals surface area contributed by atoms with E-state index in [-0.39, 0.29) is 23.1 Å². The van der Waals surface area contributed by atoms with Gasteiger partial charge < -0.3 is 10.0 Å². The number of pyridine rings is 1. The van der Waals surface area contributed by atoms with Crippen molar-refractivity contribution < 1.29 is 14.8 Å². The highest BCUT2D eigenvalue weighted by Gasteiger charge is 2.31. The first-order valence-corrected chi connectivity index (χ1v) is 5.11. The molecule has 2 rings (SSSR count). The van der Waals surface area contributed by atoms with E-state index in [1.165, 1.54) is 0 Å². The third kappa shape index (κ3) is 2.17. The van der Waals surface area contributed by atoms with Gasteiger partial charge in [0.15, 0.2) is 0 Å². The summed E-state index contributed by atoms with van der Waals surface area (Å²) in [7, 11) is 1.73. The molecule has 0 radical (unpaired) electrons. The number of nitrogens with zero attached hydrogens (tertiary/aromatic N) is 3. The molecule has 0 amide bonds. The van der Waals surface area contributed by atoms with Gasteiger partial charge in [0.1, 0.15) is 0 Å². The van der Waals surface area contributed by atoms with Crippen molar-refractivity contribution in [3.8, 4) is 0 Å². The minimum absolute atomic E-state index is 0.176. The van der Waals surface area contributed by atoms with Crippen molar-refractivity contribution in [3.05, 3.63) is 27.9 Å². The average Bonchev–Trinajstić information content (AvgIpc) is 3.10. The van der Waals surface area contributed by atoms with Gasteiger partial charge in [0, 0.05) is 25.4 Å². The summed E-state index contributed by atoms with van der Waals surface area (Å²) in [6.07, 6.45) is 3.11. The Morgan fingerprint density at radius 3 is 2.76 bits per heavy atom. The Labute approximate surface area is 96.8 Å². The quantitative estimate of drug-likeness (QED) is 0.626. The van der Waals surface area contributed by atoms with Crippen molar-refractivity contribution in [2.75, 3.05) is 11.9 Å². The number of carboxylic acid groups (broad SMARTS) is 1. The van der Waals surface area contributed by atoms with Gasteiger partial charge in [-0.2, -0.15) is 0 Å². The molecule has 1 heterocycles. The van der Waals surface area contributed by atoms with Gasteiger partial charge in [-0.3, -0.25) is 10.1 Å². The summed E-state index contributed by atoms with van der Waals surface area (Å²) < 4.78 is 0. The third-order valence-electron chi connectivity index (χ3n) is 2.72. The second kappa shape index (κ2) is 4.00. The highest BCUT2D eigenvalue weighted by Crippen LogP contribution is 2.34. The van der Waals surface area contributed by atoms with Crippen LogP contribution in [0.25, 0.3) is 0 Å². The molecule has 17 heavy (non-hydrogen) atoms. The molecule has 1 aliphatic carbocycles. The van der Waals surface area contributed by atoms with E-state index in [4.69, 9.17) is 5.11 Å². The van der Waals surface area contributed by atoms with Crippen molar-refractivity contribution in [1.82, 2.24) is 4.98 Å². The molecule has 0 aromatic carbocycles. The Hall–Kier alpha value is -2.18. The lowest BCUT2D eigenvalue weighted by Gasteiger charge is -2.16. The van der Waals surface area contributed by atoms with Gasteiger partial charge >= 0.3 is 11.7 Å². The third-order valence-corrected chi connectivity index (χ3v) is 2.72. The summed E-state index contributed by atoms with van der Waals surface area (Å²) in [5.74, 6) is -0.997. The first-order chi connectivity index (χ1) is 8.00. The van der Waals surface area contributed by atoms with E-state index in [1.807, 2.05) is 0 Å². The van der Waals surface area contributed by atoms with E-state index in [0.29, 0.717) is 0 Å². The fourth-order valence-electron chi connectivity index (χ4n) is 1.60. The Balaban J connectivity index is 2.43. The van der Waals surface area contributed by atoms with Crippen LogP contribution in [-0.4, -0.2) is 34.1 Å². The van der Waals surface area contributed by atoms with E-state index in [1.54, 1.807) is 11.9 Å². The van der Waals surface area contributed by atoms with E-state index in [0.717, 1.165) is 25.1 Å². The van der Waals surface area contributed by atoms with Crippen molar-refractivity contribution in [1.29, 1.82) is 0 Å². The van der Waals surface area contributed by atoms with E-state index < -0.39 is 10.9 Å². The summed E-state index contributed by atoms with van der Waals surface area (Å²) in [4.78, 5) is 26.6. The monoisotopic (exact) mass is 237 g/mol. The molecule has 1 saturated carbocycles. The standard InChI is InChI=1S/C10H11N3O4/c1-12(7-2-3-7)9-8(13(16)17)4-6(5-11-9)10(14)15/h4-5,7H,2-3H2,1H3,(H,14,15). The smallest absolute Gasteiger partial charge is 0.337 e. The van der Waals surface area contributed by atoms with Crippen molar-refractivity contribution in [2.45, 2.75) is 18.9 Å². The summed E-state index contributed by atoms with van der Waals surface area (Å²) >= 11 is 0. The lowest BCUT2D eigenvalue weighted by atomic mass is 10.2. The number of rotatable bonds is 4. The number of carbonyl (C=O) groups is 1. The SMILES string of the molecule is CN(c1ncc(C(=O)O)cc1[N+](=O)[O-])C1CC1. The summed E-state index contributed by atoms with van der Waals surface area (Å²) in [6.45, 7) is 0. The maximum atomic E-state index is 10.9. The lowest BCUT2D eigenvalue weighted by molar-refractivity contribution is -0.384. The van der Waals surface area contributed by atoms with Crippen molar-refractivity contribution in [3.63, 3.8) is 0 Å². The zero-order valence-corrected chi connectivity index (χ0v) is 9.16.